The number of rotatable bonds is 5. The molecular weight excluding hydrogens is 282 g/mol. The topological polar surface area (TPSA) is 87.1 Å². The van der Waals surface area contributed by atoms with E-state index < -0.39 is 0 Å². The molecule has 3 N–H and O–H groups in total. The second-order valence-corrected chi connectivity index (χ2v) is 6.02. The number of aliphatic hydroxyl groups is 1. The van der Waals surface area contributed by atoms with Crippen LogP contribution in [-0.4, -0.2) is 32.9 Å². The highest BCUT2D eigenvalue weighted by atomic mass is 16.3. The first-order chi connectivity index (χ1) is 10.6. The minimum atomic E-state index is -0.229. The molecule has 6 heteroatoms. The van der Waals surface area contributed by atoms with Crippen molar-refractivity contribution < 1.29 is 9.90 Å². The van der Waals surface area contributed by atoms with E-state index >= 15 is 0 Å². The number of hydrogen-bond acceptors (Lipinski definition) is 3. The SMILES string of the molecule is CCC(NC(=O)Cn1[nH]c2ccccc2c1=O)C1CC(O)C1. The van der Waals surface area contributed by atoms with Gasteiger partial charge in [-0.1, -0.05) is 19.1 Å². The van der Waals surface area contributed by atoms with Gasteiger partial charge in [0, 0.05) is 6.04 Å². The lowest BCUT2D eigenvalue weighted by molar-refractivity contribution is -0.123. The molecule has 1 aliphatic carbocycles. The first kappa shape index (κ1) is 14.8. The Bertz CT molecular complexity index is 728. The molecule has 22 heavy (non-hydrogen) atoms. The number of nitrogens with one attached hydrogen (secondary N) is 2. The smallest absolute Gasteiger partial charge is 0.274 e. The fourth-order valence-electron chi connectivity index (χ4n) is 3.13. The molecule has 1 atom stereocenters. The van der Waals surface area contributed by atoms with E-state index in [9.17, 15) is 14.7 Å². The second-order valence-electron chi connectivity index (χ2n) is 6.02. The number of nitrogens with zero attached hydrogens (tertiary/aromatic N) is 1. The average Bonchev–Trinajstić information content (AvgIpc) is 2.79. The molecule has 0 bridgehead atoms. The Kier molecular flexibility index (Phi) is 4.02. The summed E-state index contributed by atoms with van der Waals surface area (Å²) in [7, 11) is 0. The lowest BCUT2D eigenvalue weighted by atomic mass is 9.76. The van der Waals surface area contributed by atoms with Gasteiger partial charge >= 0.3 is 0 Å². The lowest BCUT2D eigenvalue weighted by Crippen LogP contribution is -2.48. The Balaban J connectivity index is 1.67. The summed E-state index contributed by atoms with van der Waals surface area (Å²) < 4.78 is 1.34. The van der Waals surface area contributed by atoms with E-state index in [0.717, 1.165) is 24.8 Å². The molecule has 118 valence electrons. The Hall–Kier alpha value is -2.08. The number of carbonyl (C=O) groups excluding carboxylic acids is 1. The summed E-state index contributed by atoms with van der Waals surface area (Å²) in [6, 6.07) is 7.27. The molecule has 0 spiro atoms. The van der Waals surface area contributed by atoms with Crippen molar-refractivity contribution in [3.63, 3.8) is 0 Å². The third-order valence-corrected chi connectivity index (χ3v) is 4.46. The van der Waals surface area contributed by atoms with E-state index in [1.807, 2.05) is 19.1 Å². The van der Waals surface area contributed by atoms with Crippen molar-refractivity contribution in [3.05, 3.63) is 34.6 Å². The Morgan fingerprint density at radius 3 is 2.82 bits per heavy atom. The predicted molar refractivity (Wildman–Crippen MR) is 83.5 cm³/mol. The van der Waals surface area contributed by atoms with Gasteiger partial charge in [0.15, 0.2) is 0 Å². The monoisotopic (exact) mass is 303 g/mol. The van der Waals surface area contributed by atoms with Crippen LogP contribution >= 0.6 is 0 Å². The predicted octanol–water partition coefficient (Wildman–Crippen LogP) is 0.995. The van der Waals surface area contributed by atoms with Crippen molar-refractivity contribution in [1.82, 2.24) is 15.1 Å². The van der Waals surface area contributed by atoms with Crippen LogP contribution in [0.2, 0.25) is 0 Å². The molecular formula is C16H21N3O3. The number of para-hydroxylation sites is 1. The van der Waals surface area contributed by atoms with Gasteiger partial charge in [0.1, 0.15) is 6.54 Å². The number of aromatic amines is 1. The maximum absolute atomic E-state index is 12.2. The number of fused-ring (bicyclic) bond motifs is 1. The maximum Gasteiger partial charge on any atom is 0.274 e. The minimum Gasteiger partial charge on any atom is -0.393 e. The standard InChI is InChI=1S/C16H21N3O3/c1-2-13(10-7-11(20)8-10)17-15(21)9-19-16(22)12-5-3-4-6-14(12)18-19/h3-6,10-11,13,18,20H,2,7-9H2,1H3,(H,17,21). The van der Waals surface area contributed by atoms with Gasteiger partial charge in [-0.05, 0) is 37.3 Å². The summed E-state index contributed by atoms with van der Waals surface area (Å²) in [6.07, 6.45) is 2.08. The van der Waals surface area contributed by atoms with E-state index in [4.69, 9.17) is 0 Å². The van der Waals surface area contributed by atoms with Crippen LogP contribution in [0.4, 0.5) is 0 Å². The molecule has 1 aromatic heterocycles. The Morgan fingerprint density at radius 1 is 1.45 bits per heavy atom. The highest BCUT2D eigenvalue weighted by Crippen LogP contribution is 2.31. The number of H-pyrrole nitrogens is 1. The molecule has 1 unspecified atom stereocenters. The molecule has 2 aromatic rings. The molecule has 1 saturated carbocycles. The number of carbonyl (C=O) groups is 1. The van der Waals surface area contributed by atoms with Gasteiger partial charge in [0.05, 0.1) is 17.0 Å². The van der Waals surface area contributed by atoms with Gasteiger partial charge in [-0.2, -0.15) is 0 Å². The van der Waals surface area contributed by atoms with E-state index in [2.05, 4.69) is 10.4 Å². The second kappa shape index (κ2) is 5.96. The first-order valence-corrected chi connectivity index (χ1v) is 7.73. The van der Waals surface area contributed by atoms with Crippen LogP contribution in [0.1, 0.15) is 26.2 Å². The Morgan fingerprint density at radius 2 is 2.18 bits per heavy atom. The number of aromatic nitrogens is 2. The summed E-state index contributed by atoms with van der Waals surface area (Å²) in [5.41, 5.74) is 0.548. The van der Waals surface area contributed by atoms with Gasteiger partial charge in [-0.15, -0.1) is 0 Å². The zero-order chi connectivity index (χ0) is 15.7. The molecule has 1 aromatic carbocycles. The quantitative estimate of drug-likeness (QED) is 0.770. The summed E-state index contributed by atoms with van der Waals surface area (Å²) in [5.74, 6) is 0.158. The number of amides is 1. The van der Waals surface area contributed by atoms with Crippen LogP contribution < -0.4 is 10.9 Å². The molecule has 6 nitrogen and oxygen atoms in total. The minimum absolute atomic E-state index is 0.0146. The van der Waals surface area contributed by atoms with Gasteiger partial charge in [0.2, 0.25) is 5.91 Å². The molecule has 1 heterocycles. The molecule has 0 radical (unpaired) electrons. The van der Waals surface area contributed by atoms with Gasteiger partial charge < -0.3 is 10.4 Å². The summed E-state index contributed by atoms with van der Waals surface area (Å²) in [6.45, 7) is 2.00. The average molecular weight is 303 g/mol. The fourth-order valence-corrected chi connectivity index (χ4v) is 3.13. The number of aliphatic hydroxyl groups excluding tert-OH is 1. The van der Waals surface area contributed by atoms with E-state index in [0.29, 0.717) is 11.3 Å². The first-order valence-electron chi connectivity index (χ1n) is 7.73. The van der Waals surface area contributed by atoms with Gasteiger partial charge in [-0.25, -0.2) is 4.68 Å². The third-order valence-electron chi connectivity index (χ3n) is 4.46. The van der Waals surface area contributed by atoms with Crippen molar-refractivity contribution in [2.45, 2.75) is 44.9 Å². The van der Waals surface area contributed by atoms with E-state index in [-0.39, 0.29) is 30.2 Å². The van der Waals surface area contributed by atoms with Crippen LogP contribution in [-0.2, 0) is 11.3 Å². The highest BCUT2D eigenvalue weighted by molar-refractivity contribution is 5.79. The van der Waals surface area contributed by atoms with Crippen molar-refractivity contribution in [2.24, 2.45) is 5.92 Å². The van der Waals surface area contributed by atoms with Crippen molar-refractivity contribution in [3.8, 4) is 0 Å². The van der Waals surface area contributed by atoms with Gasteiger partial charge in [-0.3, -0.25) is 14.7 Å². The molecule has 0 aliphatic heterocycles. The van der Waals surface area contributed by atoms with Crippen molar-refractivity contribution >= 4 is 16.8 Å². The normalized spacial score (nSPS) is 22.3. The molecule has 1 fully saturated rings. The van der Waals surface area contributed by atoms with Crippen molar-refractivity contribution in [2.75, 3.05) is 0 Å². The summed E-state index contributed by atoms with van der Waals surface area (Å²) in [4.78, 5) is 24.4. The van der Waals surface area contributed by atoms with E-state index in [1.54, 1.807) is 12.1 Å². The third kappa shape index (κ3) is 2.78. The lowest BCUT2D eigenvalue weighted by Gasteiger charge is -2.37. The van der Waals surface area contributed by atoms with Crippen LogP contribution in [0.25, 0.3) is 10.9 Å². The summed E-state index contributed by atoms with van der Waals surface area (Å²) >= 11 is 0. The molecule has 1 aliphatic rings. The van der Waals surface area contributed by atoms with Crippen LogP contribution in [0.5, 0.6) is 0 Å². The highest BCUT2D eigenvalue weighted by Gasteiger charge is 2.33. The number of benzene rings is 1. The largest absolute Gasteiger partial charge is 0.393 e. The zero-order valence-corrected chi connectivity index (χ0v) is 12.6. The van der Waals surface area contributed by atoms with Crippen molar-refractivity contribution in [1.29, 1.82) is 0 Å². The number of hydrogen-bond donors (Lipinski definition) is 3. The van der Waals surface area contributed by atoms with Crippen LogP contribution in [0.3, 0.4) is 0 Å². The van der Waals surface area contributed by atoms with E-state index in [1.165, 1.54) is 4.68 Å². The van der Waals surface area contributed by atoms with Gasteiger partial charge in [0.25, 0.3) is 5.56 Å². The maximum atomic E-state index is 12.2. The Labute approximate surface area is 128 Å². The zero-order valence-electron chi connectivity index (χ0n) is 12.6. The molecule has 3 rings (SSSR count). The molecule has 1 amide bonds. The summed E-state index contributed by atoms with van der Waals surface area (Å²) in [5, 5.41) is 15.9. The molecule has 0 saturated heterocycles. The fraction of sp³-hybridized carbons (Fsp3) is 0.500. The van der Waals surface area contributed by atoms with Crippen LogP contribution in [0, 0.1) is 5.92 Å². The van der Waals surface area contributed by atoms with Crippen LogP contribution in [0.15, 0.2) is 29.1 Å².